The molecule has 2 fully saturated rings. The van der Waals surface area contributed by atoms with Gasteiger partial charge in [0.25, 0.3) is 5.91 Å². The highest BCUT2D eigenvalue weighted by molar-refractivity contribution is 5.80. The Balaban J connectivity index is 1.35. The Morgan fingerprint density at radius 2 is 1.83 bits per heavy atom. The summed E-state index contributed by atoms with van der Waals surface area (Å²) in [6.07, 6.45) is 2.87. The van der Waals surface area contributed by atoms with E-state index in [1.54, 1.807) is 12.1 Å². The molecule has 2 saturated heterocycles. The molecule has 2 aromatic carbocycles. The van der Waals surface area contributed by atoms with Gasteiger partial charge in [-0.05, 0) is 61.6 Å². The predicted molar refractivity (Wildman–Crippen MR) is 111 cm³/mol. The summed E-state index contributed by atoms with van der Waals surface area (Å²) in [5, 5.41) is 0. The number of aryl methyl sites for hydroxylation is 1. The quantitative estimate of drug-likeness (QED) is 0.755. The van der Waals surface area contributed by atoms with E-state index < -0.39 is 0 Å². The third kappa shape index (κ3) is 4.32. The van der Waals surface area contributed by atoms with E-state index in [0.717, 1.165) is 30.4 Å². The Labute approximate surface area is 176 Å². The average Bonchev–Trinajstić information content (AvgIpc) is 3.04. The number of carbonyl (C=O) groups excluding carboxylic acids is 2. The van der Waals surface area contributed by atoms with Gasteiger partial charge in [-0.1, -0.05) is 24.3 Å². The van der Waals surface area contributed by atoms with E-state index in [2.05, 4.69) is 0 Å². The fourth-order valence-electron chi connectivity index (χ4n) is 4.54. The number of nitrogens with zero attached hydrogens (tertiary/aromatic N) is 2. The Kier molecular flexibility index (Phi) is 5.75. The Hall–Kier alpha value is -2.89. The highest BCUT2D eigenvalue weighted by Gasteiger charge is 2.47. The Bertz CT molecular complexity index is 920. The number of rotatable bonds is 5. The highest BCUT2D eigenvalue weighted by atomic mass is 19.1. The summed E-state index contributed by atoms with van der Waals surface area (Å²) in [6.45, 7) is 3.73. The number of likely N-dealkylation sites (tertiary alicyclic amines) is 2. The fraction of sp³-hybridized carbons (Fsp3) is 0.417. The molecule has 158 valence electrons. The number of halogens is 1. The summed E-state index contributed by atoms with van der Waals surface area (Å²) in [5.41, 5.74) is 1.81. The summed E-state index contributed by atoms with van der Waals surface area (Å²) in [6, 6.07) is 14.0. The lowest BCUT2D eigenvalue weighted by Crippen LogP contribution is -2.54. The van der Waals surface area contributed by atoms with Gasteiger partial charge in [-0.25, -0.2) is 4.39 Å². The number of amides is 2. The van der Waals surface area contributed by atoms with Crippen LogP contribution >= 0.6 is 0 Å². The molecule has 0 bridgehead atoms. The van der Waals surface area contributed by atoms with Crippen LogP contribution in [0.15, 0.2) is 48.5 Å². The van der Waals surface area contributed by atoms with Crippen LogP contribution in [0.2, 0.25) is 0 Å². The molecule has 5 nitrogen and oxygen atoms in total. The third-order valence-corrected chi connectivity index (χ3v) is 6.33. The first-order valence-electron chi connectivity index (χ1n) is 10.5. The predicted octanol–water partition coefficient (Wildman–Crippen LogP) is 3.70. The number of carbonyl (C=O) groups is 2. The highest BCUT2D eigenvalue weighted by Crippen LogP contribution is 2.40. The molecule has 30 heavy (non-hydrogen) atoms. The molecule has 6 heteroatoms. The number of piperidine rings is 1. The van der Waals surface area contributed by atoms with Crippen LogP contribution < -0.4 is 4.74 Å². The van der Waals surface area contributed by atoms with Gasteiger partial charge >= 0.3 is 0 Å². The van der Waals surface area contributed by atoms with Crippen LogP contribution in [-0.4, -0.2) is 46.8 Å². The van der Waals surface area contributed by atoms with E-state index in [1.807, 2.05) is 41.0 Å². The molecule has 1 spiro atoms. The van der Waals surface area contributed by atoms with Gasteiger partial charge in [0.2, 0.25) is 5.91 Å². The molecule has 2 aromatic rings. The van der Waals surface area contributed by atoms with Crippen LogP contribution in [0, 0.1) is 12.7 Å². The van der Waals surface area contributed by atoms with E-state index >= 15 is 0 Å². The summed E-state index contributed by atoms with van der Waals surface area (Å²) in [5.74, 6) is 0.534. The van der Waals surface area contributed by atoms with Crippen molar-refractivity contribution in [3.8, 4) is 5.75 Å². The number of hydrogen-bond acceptors (Lipinski definition) is 3. The Morgan fingerprint density at radius 1 is 1.10 bits per heavy atom. The largest absolute Gasteiger partial charge is 0.484 e. The van der Waals surface area contributed by atoms with Crippen molar-refractivity contribution in [3.05, 3.63) is 65.5 Å². The lowest BCUT2D eigenvalue weighted by molar-refractivity contribution is -0.138. The molecule has 0 atom stereocenters. The molecule has 2 aliphatic heterocycles. The maximum atomic E-state index is 13.2. The second-order valence-electron chi connectivity index (χ2n) is 8.32. The lowest BCUT2D eigenvalue weighted by atomic mass is 9.84. The number of hydrogen-bond donors (Lipinski definition) is 0. The number of ether oxygens (including phenoxy) is 1. The smallest absolute Gasteiger partial charge is 0.260 e. The van der Waals surface area contributed by atoms with E-state index in [4.69, 9.17) is 4.74 Å². The van der Waals surface area contributed by atoms with Crippen molar-refractivity contribution in [2.45, 2.75) is 44.7 Å². The Morgan fingerprint density at radius 3 is 2.53 bits per heavy atom. The van der Waals surface area contributed by atoms with Crippen LogP contribution in [0.1, 0.15) is 36.8 Å². The minimum atomic E-state index is -0.277. The van der Waals surface area contributed by atoms with Gasteiger partial charge in [-0.15, -0.1) is 0 Å². The molecular weight excluding hydrogens is 383 g/mol. The van der Waals surface area contributed by atoms with Crippen molar-refractivity contribution < 1.29 is 18.7 Å². The van der Waals surface area contributed by atoms with Gasteiger partial charge in [-0.2, -0.15) is 0 Å². The summed E-state index contributed by atoms with van der Waals surface area (Å²) >= 11 is 0. The van der Waals surface area contributed by atoms with E-state index in [-0.39, 0.29) is 29.8 Å². The minimum absolute atomic E-state index is 0.0225. The summed E-state index contributed by atoms with van der Waals surface area (Å²) < 4.78 is 18.9. The van der Waals surface area contributed by atoms with Crippen molar-refractivity contribution in [3.63, 3.8) is 0 Å². The standard InChI is InChI=1S/C24H27FN2O3/c1-18-3-2-4-21(15-18)30-17-23(29)26-13-11-24(12-14-26)10-9-22(28)27(24)16-19-5-7-20(25)8-6-19/h2-8,15H,9-14,16-17H2,1H3. The van der Waals surface area contributed by atoms with Crippen molar-refractivity contribution in [2.24, 2.45) is 0 Å². The molecule has 0 radical (unpaired) electrons. The second kappa shape index (κ2) is 8.46. The van der Waals surface area contributed by atoms with Gasteiger partial charge in [0.05, 0.1) is 0 Å². The molecule has 0 saturated carbocycles. The first-order valence-corrected chi connectivity index (χ1v) is 10.5. The van der Waals surface area contributed by atoms with Gasteiger partial charge in [0.1, 0.15) is 11.6 Å². The topological polar surface area (TPSA) is 49.9 Å². The zero-order valence-electron chi connectivity index (χ0n) is 17.3. The van der Waals surface area contributed by atoms with Crippen LogP contribution in [0.25, 0.3) is 0 Å². The average molecular weight is 410 g/mol. The first-order chi connectivity index (χ1) is 14.4. The molecule has 2 amide bonds. The SMILES string of the molecule is Cc1cccc(OCC(=O)N2CCC3(CCC(=O)N3Cc3ccc(F)cc3)CC2)c1. The summed E-state index contributed by atoms with van der Waals surface area (Å²) in [7, 11) is 0. The van der Waals surface area contributed by atoms with Crippen LogP contribution in [0.4, 0.5) is 4.39 Å². The lowest BCUT2D eigenvalue weighted by Gasteiger charge is -2.45. The minimum Gasteiger partial charge on any atom is -0.484 e. The zero-order chi connectivity index (χ0) is 21.1. The van der Waals surface area contributed by atoms with Crippen molar-refractivity contribution in [2.75, 3.05) is 19.7 Å². The second-order valence-corrected chi connectivity index (χ2v) is 8.32. The van der Waals surface area contributed by atoms with Crippen LogP contribution in [-0.2, 0) is 16.1 Å². The summed E-state index contributed by atoms with van der Waals surface area (Å²) in [4.78, 5) is 29.0. The van der Waals surface area contributed by atoms with Crippen molar-refractivity contribution in [1.82, 2.24) is 9.80 Å². The van der Waals surface area contributed by atoms with Gasteiger partial charge in [0, 0.05) is 31.6 Å². The number of benzene rings is 2. The molecule has 0 N–H and O–H groups in total. The molecule has 2 aliphatic rings. The molecular formula is C24H27FN2O3. The fourth-order valence-corrected chi connectivity index (χ4v) is 4.54. The maximum absolute atomic E-state index is 13.2. The molecule has 0 aromatic heterocycles. The normalized spacial score (nSPS) is 18.1. The van der Waals surface area contributed by atoms with Crippen molar-refractivity contribution >= 4 is 11.8 Å². The molecule has 0 aliphatic carbocycles. The van der Waals surface area contributed by atoms with Crippen LogP contribution in [0.5, 0.6) is 5.75 Å². The van der Waals surface area contributed by atoms with Crippen molar-refractivity contribution in [1.29, 1.82) is 0 Å². The molecule has 2 heterocycles. The van der Waals surface area contributed by atoms with Crippen LogP contribution in [0.3, 0.4) is 0 Å². The monoisotopic (exact) mass is 410 g/mol. The third-order valence-electron chi connectivity index (χ3n) is 6.33. The first kappa shape index (κ1) is 20.4. The van der Waals surface area contributed by atoms with E-state index in [9.17, 15) is 14.0 Å². The molecule has 0 unspecified atom stereocenters. The van der Waals surface area contributed by atoms with Gasteiger partial charge < -0.3 is 14.5 Å². The van der Waals surface area contributed by atoms with Gasteiger partial charge in [-0.3, -0.25) is 9.59 Å². The maximum Gasteiger partial charge on any atom is 0.260 e. The zero-order valence-corrected chi connectivity index (χ0v) is 17.3. The van der Waals surface area contributed by atoms with Gasteiger partial charge in [0.15, 0.2) is 6.61 Å². The van der Waals surface area contributed by atoms with E-state index in [0.29, 0.717) is 31.8 Å². The van der Waals surface area contributed by atoms with E-state index in [1.165, 1.54) is 12.1 Å². The molecule has 4 rings (SSSR count).